The van der Waals surface area contributed by atoms with E-state index >= 15 is 0 Å². The lowest BCUT2D eigenvalue weighted by Gasteiger charge is -2.11. The fourth-order valence-electron chi connectivity index (χ4n) is 1.19. The molecule has 0 aromatic carbocycles. The first-order valence-electron chi connectivity index (χ1n) is 4.42. The van der Waals surface area contributed by atoms with E-state index in [0.29, 0.717) is 12.1 Å². The van der Waals surface area contributed by atoms with Gasteiger partial charge in [0.2, 0.25) is 0 Å². The van der Waals surface area contributed by atoms with E-state index in [2.05, 4.69) is 13.8 Å². The molecule has 0 aliphatic rings. The number of rotatable bonds is 6. The third-order valence-electron chi connectivity index (χ3n) is 2.01. The lowest BCUT2D eigenvalue weighted by atomic mass is 10.0. The molecule has 0 aromatic heterocycles. The van der Waals surface area contributed by atoms with Crippen molar-refractivity contribution in [3.05, 3.63) is 0 Å². The molecule has 0 amide bonds. The zero-order chi connectivity index (χ0) is 8.69. The first-order valence-corrected chi connectivity index (χ1v) is 5.98. The van der Waals surface area contributed by atoms with E-state index in [1.54, 1.807) is 0 Å². The van der Waals surface area contributed by atoms with E-state index in [-0.39, 0.29) is 0 Å². The van der Waals surface area contributed by atoms with Crippen molar-refractivity contribution < 1.29 is 9.46 Å². The minimum absolute atomic E-state index is 0.478. The Morgan fingerprint density at radius 2 is 2.09 bits per heavy atom. The Bertz CT molecular complexity index is 115. The van der Waals surface area contributed by atoms with Crippen LogP contribution in [0.4, 0.5) is 0 Å². The lowest BCUT2D eigenvalue weighted by molar-refractivity contribution is 0.454. The Labute approximate surface area is 69.9 Å². The molecule has 2 unspecified atom stereocenters. The van der Waals surface area contributed by atoms with Gasteiger partial charge in [-0.25, -0.2) is 0 Å². The van der Waals surface area contributed by atoms with Gasteiger partial charge in [0.1, 0.15) is 0 Å². The largest absolute Gasteiger partial charge is 0.346 e. The highest BCUT2D eigenvalue weighted by molar-refractivity contribution is 7.38. The molecular weight excluding hydrogens is 159 g/mol. The normalized spacial score (nSPS) is 16.3. The monoisotopic (exact) mass is 178 g/mol. The van der Waals surface area contributed by atoms with Crippen molar-refractivity contribution in [3.8, 4) is 0 Å². The van der Waals surface area contributed by atoms with Gasteiger partial charge in [-0.05, 0) is 12.3 Å². The van der Waals surface area contributed by atoms with Gasteiger partial charge in [0.25, 0.3) is 0 Å². The predicted molar refractivity (Wildman–Crippen MR) is 49.4 cm³/mol. The highest BCUT2D eigenvalue weighted by Gasteiger charge is 2.07. The zero-order valence-corrected chi connectivity index (χ0v) is 8.47. The van der Waals surface area contributed by atoms with E-state index in [4.69, 9.17) is 4.89 Å². The van der Waals surface area contributed by atoms with Crippen LogP contribution in [0, 0.1) is 5.92 Å². The van der Waals surface area contributed by atoms with Gasteiger partial charge in [-0.15, -0.1) is 0 Å². The fraction of sp³-hybridized carbons (Fsp3) is 1.00. The zero-order valence-electron chi connectivity index (χ0n) is 7.47. The summed E-state index contributed by atoms with van der Waals surface area (Å²) in [6.07, 6.45) is 5.05. The van der Waals surface area contributed by atoms with Gasteiger partial charge in [-0.2, -0.15) is 0 Å². The molecule has 1 N–H and O–H groups in total. The highest BCUT2D eigenvalue weighted by Crippen LogP contribution is 2.24. The average molecular weight is 178 g/mol. The molecule has 0 saturated carbocycles. The summed E-state index contributed by atoms with van der Waals surface area (Å²) in [6, 6.07) is 0. The molecule has 0 aromatic rings. The second-order valence-corrected chi connectivity index (χ2v) is 4.21. The standard InChI is InChI=1S/C8H19O2P/c1-3-5-6-8(4-2)7-11(9)10/h8,11H,3-7H2,1-2H3,(H,9,10). The minimum Gasteiger partial charge on any atom is -0.346 e. The Hall–Kier alpha value is 0.190. The van der Waals surface area contributed by atoms with Crippen LogP contribution < -0.4 is 0 Å². The van der Waals surface area contributed by atoms with Gasteiger partial charge in [0.05, 0.1) is 0 Å². The smallest absolute Gasteiger partial charge is 0.189 e. The predicted octanol–water partition coefficient (Wildman–Crippen LogP) is 2.67. The van der Waals surface area contributed by atoms with Gasteiger partial charge in [-0.3, -0.25) is 4.57 Å². The first-order chi connectivity index (χ1) is 5.20. The summed E-state index contributed by atoms with van der Waals surface area (Å²) >= 11 is 0. The Morgan fingerprint density at radius 1 is 1.45 bits per heavy atom. The van der Waals surface area contributed by atoms with Crippen LogP contribution in [0.25, 0.3) is 0 Å². The SMILES string of the molecule is CCCCC(CC)C[PH](=O)O. The Balaban J connectivity index is 3.49. The quantitative estimate of drug-likeness (QED) is 0.635. The van der Waals surface area contributed by atoms with Gasteiger partial charge >= 0.3 is 0 Å². The summed E-state index contributed by atoms with van der Waals surface area (Å²) in [4.78, 5) is 8.70. The molecule has 68 valence electrons. The van der Waals surface area contributed by atoms with Crippen molar-refractivity contribution in [2.75, 3.05) is 6.16 Å². The molecule has 2 nitrogen and oxygen atoms in total. The summed E-state index contributed by atoms with van der Waals surface area (Å²) < 4.78 is 10.5. The Kier molecular flexibility index (Phi) is 6.99. The summed E-state index contributed by atoms with van der Waals surface area (Å²) in [5.74, 6) is 0.478. The van der Waals surface area contributed by atoms with Crippen molar-refractivity contribution in [3.63, 3.8) is 0 Å². The average Bonchev–Trinajstić information content (AvgIpc) is 1.97. The molecule has 0 radical (unpaired) electrons. The van der Waals surface area contributed by atoms with Crippen LogP contribution >= 0.6 is 8.03 Å². The molecule has 0 fully saturated rings. The number of unbranched alkanes of at least 4 members (excludes halogenated alkanes) is 1. The second kappa shape index (κ2) is 6.87. The van der Waals surface area contributed by atoms with Crippen LogP contribution in [0.3, 0.4) is 0 Å². The van der Waals surface area contributed by atoms with Crippen molar-refractivity contribution in [2.24, 2.45) is 5.92 Å². The van der Waals surface area contributed by atoms with Gasteiger partial charge in [0, 0.05) is 6.16 Å². The van der Waals surface area contributed by atoms with Crippen LogP contribution in [0.5, 0.6) is 0 Å². The summed E-state index contributed by atoms with van der Waals surface area (Å²) in [7, 11) is -2.23. The van der Waals surface area contributed by atoms with Crippen molar-refractivity contribution in [1.29, 1.82) is 0 Å². The van der Waals surface area contributed by atoms with E-state index in [1.165, 1.54) is 12.8 Å². The van der Waals surface area contributed by atoms with E-state index in [1.807, 2.05) is 0 Å². The topological polar surface area (TPSA) is 37.3 Å². The molecule has 0 spiro atoms. The molecule has 0 aliphatic heterocycles. The first kappa shape index (κ1) is 11.2. The minimum atomic E-state index is -2.23. The lowest BCUT2D eigenvalue weighted by Crippen LogP contribution is -2.01. The second-order valence-electron chi connectivity index (χ2n) is 3.01. The number of hydrogen-bond acceptors (Lipinski definition) is 1. The molecule has 0 bridgehead atoms. The van der Waals surface area contributed by atoms with Gasteiger partial charge in [-0.1, -0.05) is 33.1 Å². The molecule has 0 heterocycles. The van der Waals surface area contributed by atoms with Crippen molar-refractivity contribution in [2.45, 2.75) is 39.5 Å². The molecule has 11 heavy (non-hydrogen) atoms. The fourth-order valence-corrected chi connectivity index (χ4v) is 2.18. The summed E-state index contributed by atoms with van der Waals surface area (Å²) in [6.45, 7) is 4.24. The molecular formula is C8H19O2P. The third-order valence-corrected chi connectivity index (χ3v) is 2.93. The summed E-state index contributed by atoms with van der Waals surface area (Å²) in [5, 5.41) is 0. The van der Waals surface area contributed by atoms with Gasteiger partial charge in [0.15, 0.2) is 8.03 Å². The van der Waals surface area contributed by atoms with Crippen LogP contribution in [-0.2, 0) is 4.57 Å². The van der Waals surface area contributed by atoms with E-state index in [9.17, 15) is 4.57 Å². The molecule has 2 atom stereocenters. The van der Waals surface area contributed by atoms with Crippen LogP contribution in [-0.4, -0.2) is 11.1 Å². The highest BCUT2D eigenvalue weighted by atomic mass is 31.1. The third kappa shape index (κ3) is 6.58. The molecule has 0 aliphatic carbocycles. The van der Waals surface area contributed by atoms with Crippen LogP contribution in [0.2, 0.25) is 0 Å². The van der Waals surface area contributed by atoms with E-state index < -0.39 is 8.03 Å². The van der Waals surface area contributed by atoms with Crippen LogP contribution in [0.1, 0.15) is 39.5 Å². The van der Waals surface area contributed by atoms with Crippen molar-refractivity contribution in [1.82, 2.24) is 0 Å². The maximum atomic E-state index is 10.5. The maximum absolute atomic E-state index is 10.5. The Morgan fingerprint density at radius 3 is 2.45 bits per heavy atom. The van der Waals surface area contributed by atoms with Crippen LogP contribution in [0.15, 0.2) is 0 Å². The van der Waals surface area contributed by atoms with Crippen molar-refractivity contribution >= 4 is 8.03 Å². The van der Waals surface area contributed by atoms with Gasteiger partial charge < -0.3 is 4.89 Å². The molecule has 0 saturated heterocycles. The molecule has 3 heteroatoms. The maximum Gasteiger partial charge on any atom is 0.189 e. The number of hydrogen-bond donors (Lipinski definition) is 1. The summed E-state index contributed by atoms with van der Waals surface area (Å²) in [5.41, 5.74) is 0. The van der Waals surface area contributed by atoms with E-state index in [0.717, 1.165) is 12.8 Å². The molecule has 0 rings (SSSR count).